The van der Waals surface area contributed by atoms with Crippen LogP contribution in [-0.4, -0.2) is 46.2 Å². The maximum atomic E-state index is 12.4. The number of hydrogen-bond acceptors (Lipinski definition) is 4. The van der Waals surface area contributed by atoms with Gasteiger partial charge in [0, 0.05) is 28.9 Å². The van der Waals surface area contributed by atoms with Crippen molar-refractivity contribution in [1.29, 1.82) is 0 Å². The molecular weight excluding hydrogens is 278 g/mol. The fourth-order valence-corrected chi connectivity index (χ4v) is 2.90. The fraction of sp³-hybridized carbons (Fsp3) is 0.429. The number of aliphatic hydroxyl groups is 1. The summed E-state index contributed by atoms with van der Waals surface area (Å²) in [6.07, 6.45) is 5.63. The van der Waals surface area contributed by atoms with Gasteiger partial charge in [-0.2, -0.15) is 0 Å². The van der Waals surface area contributed by atoms with Crippen LogP contribution in [-0.2, 0) is 4.79 Å². The standard InChI is InChI=1S/C14H17NO4S/c16-7-6-15(11-2-1-3-11)14(19)10-8-12(20-9-10)4-5-13(17)18/h4-5,8-9,11,16H,1-3,6-7H2,(H,17,18)/b5-4+. The lowest BCUT2D eigenvalue weighted by Crippen LogP contribution is -2.45. The summed E-state index contributed by atoms with van der Waals surface area (Å²) in [5.74, 6) is -1.10. The first kappa shape index (κ1) is 14.7. The zero-order valence-corrected chi connectivity index (χ0v) is 11.8. The van der Waals surface area contributed by atoms with Crippen molar-refractivity contribution in [3.05, 3.63) is 28.0 Å². The molecule has 0 unspecified atom stereocenters. The van der Waals surface area contributed by atoms with Crippen LogP contribution in [0, 0.1) is 0 Å². The lowest BCUT2D eigenvalue weighted by molar-refractivity contribution is -0.131. The van der Waals surface area contributed by atoms with E-state index in [0.29, 0.717) is 12.1 Å². The Balaban J connectivity index is 2.08. The molecule has 1 aromatic rings. The van der Waals surface area contributed by atoms with Crippen molar-refractivity contribution in [2.24, 2.45) is 0 Å². The molecule has 20 heavy (non-hydrogen) atoms. The van der Waals surface area contributed by atoms with Gasteiger partial charge in [-0.05, 0) is 31.4 Å². The van der Waals surface area contributed by atoms with Gasteiger partial charge in [-0.3, -0.25) is 4.79 Å². The molecule has 6 heteroatoms. The molecule has 0 atom stereocenters. The molecule has 2 N–H and O–H groups in total. The van der Waals surface area contributed by atoms with E-state index in [1.54, 1.807) is 16.3 Å². The van der Waals surface area contributed by atoms with Crippen molar-refractivity contribution in [3.63, 3.8) is 0 Å². The predicted octanol–water partition coefficient (Wildman–Crippen LogP) is 1.83. The maximum absolute atomic E-state index is 12.4. The van der Waals surface area contributed by atoms with Crippen LogP contribution < -0.4 is 0 Å². The molecular formula is C14H17NO4S. The zero-order chi connectivity index (χ0) is 14.5. The lowest BCUT2D eigenvalue weighted by Gasteiger charge is -2.37. The van der Waals surface area contributed by atoms with Crippen LogP contribution in [0.3, 0.4) is 0 Å². The monoisotopic (exact) mass is 295 g/mol. The molecule has 0 aliphatic heterocycles. The Morgan fingerprint density at radius 3 is 2.75 bits per heavy atom. The average molecular weight is 295 g/mol. The van der Waals surface area contributed by atoms with E-state index < -0.39 is 5.97 Å². The van der Waals surface area contributed by atoms with Crippen molar-refractivity contribution in [2.75, 3.05) is 13.2 Å². The second-order valence-corrected chi connectivity index (χ2v) is 5.66. The average Bonchev–Trinajstić information content (AvgIpc) is 2.81. The minimum absolute atomic E-state index is 0.0435. The van der Waals surface area contributed by atoms with Crippen LogP contribution in [0.1, 0.15) is 34.5 Å². The summed E-state index contributed by atoms with van der Waals surface area (Å²) in [7, 11) is 0. The first-order valence-corrected chi connectivity index (χ1v) is 7.41. The molecule has 1 aromatic heterocycles. The Morgan fingerprint density at radius 1 is 1.45 bits per heavy atom. The van der Waals surface area contributed by atoms with Crippen LogP contribution in [0.15, 0.2) is 17.5 Å². The van der Waals surface area contributed by atoms with Crippen LogP contribution in [0.4, 0.5) is 0 Å². The molecule has 1 heterocycles. The second kappa shape index (κ2) is 6.67. The van der Waals surface area contributed by atoms with Gasteiger partial charge in [-0.25, -0.2) is 4.79 Å². The highest BCUT2D eigenvalue weighted by molar-refractivity contribution is 7.11. The summed E-state index contributed by atoms with van der Waals surface area (Å²) in [4.78, 5) is 25.3. The van der Waals surface area contributed by atoms with Gasteiger partial charge in [0.25, 0.3) is 5.91 Å². The van der Waals surface area contributed by atoms with Crippen molar-refractivity contribution in [2.45, 2.75) is 25.3 Å². The van der Waals surface area contributed by atoms with Crippen LogP contribution in [0.5, 0.6) is 0 Å². The number of amides is 1. The first-order chi connectivity index (χ1) is 9.61. The molecule has 1 aliphatic rings. The van der Waals surface area contributed by atoms with E-state index in [0.717, 1.165) is 30.2 Å². The molecule has 0 radical (unpaired) electrons. The van der Waals surface area contributed by atoms with Crippen molar-refractivity contribution in [1.82, 2.24) is 4.90 Å². The number of rotatable bonds is 6. The van der Waals surface area contributed by atoms with Crippen molar-refractivity contribution < 1.29 is 19.8 Å². The number of hydrogen-bond donors (Lipinski definition) is 2. The summed E-state index contributed by atoms with van der Waals surface area (Å²) < 4.78 is 0. The van der Waals surface area contributed by atoms with Gasteiger partial charge in [0.05, 0.1) is 12.2 Å². The summed E-state index contributed by atoms with van der Waals surface area (Å²) in [5.41, 5.74) is 0.556. The molecule has 1 amide bonds. The molecule has 2 rings (SSSR count). The van der Waals surface area contributed by atoms with E-state index in [1.165, 1.54) is 17.4 Å². The molecule has 5 nitrogen and oxygen atoms in total. The number of thiophene rings is 1. The summed E-state index contributed by atoms with van der Waals surface area (Å²) in [6.45, 7) is 0.303. The third-order valence-electron chi connectivity index (χ3n) is 3.37. The minimum Gasteiger partial charge on any atom is -0.478 e. The van der Waals surface area contributed by atoms with Gasteiger partial charge in [0.2, 0.25) is 0 Å². The molecule has 1 fully saturated rings. The molecule has 0 bridgehead atoms. The highest BCUT2D eigenvalue weighted by Gasteiger charge is 2.29. The van der Waals surface area contributed by atoms with Crippen molar-refractivity contribution >= 4 is 29.3 Å². The number of carboxylic acids is 1. The topological polar surface area (TPSA) is 77.8 Å². The van der Waals surface area contributed by atoms with E-state index in [1.807, 2.05) is 0 Å². The molecule has 108 valence electrons. The summed E-state index contributed by atoms with van der Waals surface area (Å²) in [5, 5.41) is 19.4. The number of carbonyl (C=O) groups is 2. The number of carboxylic acid groups (broad SMARTS) is 1. The molecule has 1 aliphatic carbocycles. The number of carbonyl (C=O) groups excluding carboxylic acids is 1. The lowest BCUT2D eigenvalue weighted by atomic mass is 9.91. The molecule has 1 saturated carbocycles. The number of aliphatic carboxylic acids is 1. The number of aliphatic hydroxyl groups excluding tert-OH is 1. The van der Waals surface area contributed by atoms with Gasteiger partial charge in [0.15, 0.2) is 0 Å². The second-order valence-electron chi connectivity index (χ2n) is 4.72. The number of nitrogens with zero attached hydrogens (tertiary/aromatic N) is 1. The van der Waals surface area contributed by atoms with Gasteiger partial charge < -0.3 is 15.1 Å². The van der Waals surface area contributed by atoms with Gasteiger partial charge in [-0.15, -0.1) is 11.3 Å². The first-order valence-electron chi connectivity index (χ1n) is 6.53. The van der Waals surface area contributed by atoms with Gasteiger partial charge in [-0.1, -0.05) is 0 Å². The maximum Gasteiger partial charge on any atom is 0.328 e. The third kappa shape index (κ3) is 3.46. The van der Waals surface area contributed by atoms with E-state index in [2.05, 4.69) is 0 Å². The fourth-order valence-electron chi connectivity index (χ4n) is 2.13. The Morgan fingerprint density at radius 2 is 2.20 bits per heavy atom. The van der Waals surface area contributed by atoms with Crippen LogP contribution >= 0.6 is 11.3 Å². The molecule has 0 aromatic carbocycles. The largest absolute Gasteiger partial charge is 0.478 e. The molecule has 0 spiro atoms. The molecule has 0 saturated heterocycles. The highest BCUT2D eigenvalue weighted by atomic mass is 32.1. The minimum atomic E-state index is -1.01. The Hall–Kier alpha value is -1.66. The van der Waals surface area contributed by atoms with E-state index >= 15 is 0 Å². The van der Waals surface area contributed by atoms with Gasteiger partial charge in [0.1, 0.15) is 0 Å². The Labute approximate surface area is 121 Å². The van der Waals surface area contributed by atoms with Crippen LogP contribution in [0.2, 0.25) is 0 Å². The normalized spacial score (nSPS) is 15.2. The van der Waals surface area contributed by atoms with Gasteiger partial charge >= 0.3 is 5.97 Å². The summed E-state index contributed by atoms with van der Waals surface area (Å²) in [6, 6.07) is 1.92. The van der Waals surface area contributed by atoms with E-state index in [4.69, 9.17) is 10.2 Å². The quantitative estimate of drug-likeness (QED) is 0.785. The SMILES string of the molecule is O=C(O)/C=C/c1cc(C(=O)N(CCO)C2CCC2)cs1. The Kier molecular flexibility index (Phi) is 4.92. The smallest absolute Gasteiger partial charge is 0.328 e. The van der Waals surface area contributed by atoms with E-state index in [-0.39, 0.29) is 18.6 Å². The third-order valence-corrected chi connectivity index (χ3v) is 4.27. The van der Waals surface area contributed by atoms with E-state index in [9.17, 15) is 9.59 Å². The Bertz CT molecular complexity index is 519. The zero-order valence-electron chi connectivity index (χ0n) is 11.0. The predicted molar refractivity (Wildman–Crippen MR) is 76.8 cm³/mol. The summed E-state index contributed by atoms with van der Waals surface area (Å²) >= 11 is 1.33. The van der Waals surface area contributed by atoms with Crippen molar-refractivity contribution in [3.8, 4) is 0 Å². The van der Waals surface area contributed by atoms with Crippen LogP contribution in [0.25, 0.3) is 6.08 Å². The highest BCUT2D eigenvalue weighted by Crippen LogP contribution is 2.27.